The van der Waals surface area contributed by atoms with E-state index < -0.39 is 0 Å². The van der Waals surface area contributed by atoms with Crippen molar-refractivity contribution < 1.29 is 4.74 Å². The molecule has 0 radical (unpaired) electrons. The van der Waals surface area contributed by atoms with Crippen molar-refractivity contribution in [3.8, 4) is 5.75 Å². The van der Waals surface area contributed by atoms with Crippen molar-refractivity contribution in [1.29, 1.82) is 0 Å². The lowest BCUT2D eigenvalue weighted by atomic mass is 10.1. The largest absolute Gasteiger partial charge is 0.489 e. The van der Waals surface area contributed by atoms with Gasteiger partial charge in [-0.2, -0.15) is 0 Å². The molecule has 1 aromatic heterocycles. The fourth-order valence-corrected chi connectivity index (χ4v) is 5.50. The summed E-state index contributed by atoms with van der Waals surface area (Å²) in [7, 11) is 0. The van der Waals surface area contributed by atoms with Crippen LogP contribution < -0.4 is 10.2 Å². The van der Waals surface area contributed by atoms with Crippen LogP contribution in [0.25, 0.3) is 15.7 Å². The van der Waals surface area contributed by atoms with Crippen LogP contribution in [0.15, 0.2) is 57.5 Å². The van der Waals surface area contributed by atoms with Crippen LogP contribution in [0.1, 0.15) is 11.1 Å². The summed E-state index contributed by atoms with van der Waals surface area (Å²) in [6.45, 7) is 2.45. The van der Waals surface area contributed by atoms with E-state index in [9.17, 15) is 4.79 Å². The van der Waals surface area contributed by atoms with Gasteiger partial charge in [-0.3, -0.25) is 4.79 Å². The van der Waals surface area contributed by atoms with Gasteiger partial charge in [-0.1, -0.05) is 35.4 Å². The highest BCUT2D eigenvalue weighted by atomic mass is 35.5. The normalized spacial score (nSPS) is 13.4. The first kappa shape index (κ1) is 16.7. The number of rotatable bonds is 3. The van der Waals surface area contributed by atoms with Gasteiger partial charge in [0, 0.05) is 20.9 Å². The van der Waals surface area contributed by atoms with E-state index in [2.05, 4.69) is 6.08 Å². The molecule has 0 unspecified atom stereocenters. The average molecular weight is 387 g/mol. The molecule has 0 fully saturated rings. The van der Waals surface area contributed by atoms with Crippen LogP contribution in [0.5, 0.6) is 5.75 Å². The highest BCUT2D eigenvalue weighted by molar-refractivity contribution is 8.01. The van der Waals surface area contributed by atoms with Crippen molar-refractivity contribution in [3.05, 3.63) is 74.9 Å². The predicted octanol–water partition coefficient (Wildman–Crippen LogP) is 5.79. The third-order valence-electron chi connectivity index (χ3n) is 4.10. The van der Waals surface area contributed by atoms with Gasteiger partial charge in [-0.15, -0.1) is 23.1 Å². The fourth-order valence-electron chi connectivity index (χ4n) is 2.77. The number of benzene rings is 2. The molecule has 2 heterocycles. The summed E-state index contributed by atoms with van der Waals surface area (Å²) in [6, 6.07) is 13.4. The van der Waals surface area contributed by atoms with Crippen molar-refractivity contribution in [3.63, 3.8) is 0 Å². The minimum atomic E-state index is 0.0615. The number of hydrogen-bond acceptors (Lipinski definition) is 4. The first-order valence-corrected chi connectivity index (χ1v) is 10.1. The predicted molar refractivity (Wildman–Crippen MR) is 108 cm³/mol. The minimum Gasteiger partial charge on any atom is -0.489 e. The summed E-state index contributed by atoms with van der Waals surface area (Å²) in [5.74, 6) is 1.66. The Labute approximate surface area is 159 Å². The topological polar surface area (TPSA) is 26.3 Å². The van der Waals surface area contributed by atoms with Gasteiger partial charge < -0.3 is 4.74 Å². The van der Waals surface area contributed by atoms with Gasteiger partial charge >= 0.3 is 0 Å². The van der Waals surface area contributed by atoms with Crippen molar-refractivity contribution in [2.75, 3.05) is 12.4 Å². The molecule has 3 aromatic rings. The van der Waals surface area contributed by atoms with Crippen molar-refractivity contribution in [2.45, 2.75) is 11.1 Å². The van der Waals surface area contributed by atoms with Gasteiger partial charge in [-0.25, -0.2) is 0 Å². The molecule has 4 rings (SSSR count). The third kappa shape index (κ3) is 3.34. The lowest BCUT2D eigenvalue weighted by molar-refractivity contribution is 0.369. The molecule has 0 atom stereocenters. The molecule has 0 saturated carbocycles. The van der Waals surface area contributed by atoms with Gasteiger partial charge in [-0.05, 0) is 42.8 Å². The number of ether oxygens (including phenoxy) is 1. The highest BCUT2D eigenvalue weighted by Crippen LogP contribution is 2.38. The van der Waals surface area contributed by atoms with Crippen LogP contribution in [-0.2, 0) is 0 Å². The van der Waals surface area contributed by atoms with Crippen LogP contribution in [-0.4, -0.2) is 12.4 Å². The molecule has 0 amide bonds. The van der Waals surface area contributed by atoms with Crippen LogP contribution in [0, 0.1) is 6.92 Å². The molecule has 0 bridgehead atoms. The lowest BCUT2D eigenvalue weighted by Crippen LogP contribution is -2.15. The van der Waals surface area contributed by atoms with E-state index in [0.29, 0.717) is 11.6 Å². The van der Waals surface area contributed by atoms with Gasteiger partial charge in [0.15, 0.2) is 5.43 Å². The van der Waals surface area contributed by atoms with Crippen LogP contribution in [0.4, 0.5) is 0 Å². The van der Waals surface area contributed by atoms with E-state index in [1.165, 1.54) is 5.56 Å². The standard InChI is InChI=1S/C20H15ClO2S2/c1-12-2-5-15(6-3-12)23-11-13-8-9-24-20-18(13)19(22)16-7-4-14(21)10-17(16)25-20/h2-8,10H,9,11H2,1H3. The fraction of sp³-hybridized carbons (Fsp3) is 0.150. The van der Waals surface area contributed by atoms with Crippen molar-refractivity contribution in [2.24, 2.45) is 0 Å². The van der Waals surface area contributed by atoms with Gasteiger partial charge in [0.2, 0.25) is 0 Å². The first-order chi connectivity index (χ1) is 12.1. The summed E-state index contributed by atoms with van der Waals surface area (Å²) in [6.07, 6.45) is 2.09. The molecule has 0 N–H and O–H groups in total. The Kier molecular flexibility index (Phi) is 4.59. The summed E-state index contributed by atoms with van der Waals surface area (Å²) >= 11 is 9.40. The van der Waals surface area contributed by atoms with Crippen molar-refractivity contribution >= 4 is 50.4 Å². The molecule has 2 aromatic carbocycles. The molecule has 0 spiro atoms. The lowest BCUT2D eigenvalue weighted by Gasteiger charge is -2.17. The summed E-state index contributed by atoms with van der Waals surface area (Å²) in [5.41, 5.74) is 3.00. The van der Waals surface area contributed by atoms with Crippen LogP contribution in [0.3, 0.4) is 0 Å². The second kappa shape index (κ2) is 6.87. The molecule has 0 saturated heterocycles. The van der Waals surface area contributed by atoms with Crippen LogP contribution in [0.2, 0.25) is 5.02 Å². The highest BCUT2D eigenvalue weighted by Gasteiger charge is 2.20. The average Bonchev–Trinajstić information content (AvgIpc) is 2.61. The summed E-state index contributed by atoms with van der Waals surface area (Å²) in [5, 5.41) is 1.37. The number of halogens is 1. The molecule has 2 nitrogen and oxygen atoms in total. The monoisotopic (exact) mass is 386 g/mol. The molecule has 1 aliphatic heterocycles. The second-order valence-electron chi connectivity index (χ2n) is 5.88. The Morgan fingerprint density at radius 3 is 2.76 bits per heavy atom. The summed E-state index contributed by atoms with van der Waals surface area (Å²) in [4.78, 5) is 13.0. The van der Waals surface area contributed by atoms with E-state index in [-0.39, 0.29) is 5.43 Å². The first-order valence-electron chi connectivity index (χ1n) is 7.90. The maximum absolute atomic E-state index is 13.0. The Hall–Kier alpha value is -1.75. The van der Waals surface area contributed by atoms with Crippen molar-refractivity contribution in [1.82, 2.24) is 0 Å². The van der Waals surface area contributed by atoms with Gasteiger partial charge in [0.1, 0.15) is 12.4 Å². The zero-order valence-electron chi connectivity index (χ0n) is 13.5. The quantitative estimate of drug-likeness (QED) is 0.569. The summed E-state index contributed by atoms with van der Waals surface area (Å²) < 4.78 is 7.89. The van der Waals surface area contributed by atoms with E-state index in [4.69, 9.17) is 16.3 Å². The van der Waals surface area contributed by atoms with E-state index in [1.54, 1.807) is 29.2 Å². The van der Waals surface area contributed by atoms with Crippen LogP contribution >= 0.6 is 34.7 Å². The molecule has 5 heteroatoms. The van der Waals surface area contributed by atoms with E-state index in [0.717, 1.165) is 36.9 Å². The molecular formula is C20H15ClO2S2. The Bertz CT molecular complexity index is 1040. The molecule has 25 heavy (non-hydrogen) atoms. The van der Waals surface area contributed by atoms with E-state index in [1.807, 2.05) is 43.3 Å². The van der Waals surface area contributed by atoms with Gasteiger partial charge in [0.25, 0.3) is 0 Å². The number of thioether (sulfide) groups is 1. The molecular weight excluding hydrogens is 372 g/mol. The third-order valence-corrected chi connectivity index (χ3v) is 6.69. The Morgan fingerprint density at radius 2 is 1.96 bits per heavy atom. The maximum atomic E-state index is 13.0. The smallest absolute Gasteiger partial charge is 0.196 e. The SMILES string of the molecule is Cc1ccc(OCC2=CCSc3sc4cc(Cl)ccc4c(=O)c32)cc1. The zero-order chi connectivity index (χ0) is 17.4. The minimum absolute atomic E-state index is 0.0615. The Morgan fingerprint density at radius 1 is 1.16 bits per heavy atom. The number of aryl methyl sites for hydroxylation is 1. The molecule has 126 valence electrons. The Balaban J connectivity index is 1.70. The number of hydrogen-bond donors (Lipinski definition) is 0. The zero-order valence-corrected chi connectivity index (χ0v) is 15.9. The van der Waals surface area contributed by atoms with Gasteiger partial charge in [0.05, 0.1) is 9.77 Å². The maximum Gasteiger partial charge on any atom is 0.196 e. The van der Waals surface area contributed by atoms with E-state index >= 15 is 0 Å². The second-order valence-corrected chi connectivity index (χ2v) is 8.65. The molecule has 0 aliphatic carbocycles. The molecule has 1 aliphatic rings. The number of fused-ring (bicyclic) bond motifs is 2.